The van der Waals surface area contributed by atoms with Crippen LogP contribution in [0.2, 0.25) is 0 Å². The Morgan fingerprint density at radius 2 is 2.17 bits per heavy atom. The molecule has 0 aromatic heterocycles. The molecule has 2 unspecified atom stereocenters. The maximum Gasteiger partial charge on any atom is 0.321 e. The number of carbonyl (C=O) groups excluding carboxylic acids is 1. The molecule has 2 atom stereocenters. The zero-order valence-corrected chi connectivity index (χ0v) is 13.2. The number of carboxylic acids is 1. The number of hydrogen-bond acceptors (Lipinski definition) is 3. The number of amides is 2. The summed E-state index contributed by atoms with van der Waals surface area (Å²) in [6, 6.07) is 3.76. The van der Waals surface area contributed by atoms with E-state index in [-0.39, 0.29) is 18.2 Å². The molecule has 1 saturated heterocycles. The second-order valence-electron chi connectivity index (χ2n) is 5.79. The molecular formula is C16H21FN2O4. The van der Waals surface area contributed by atoms with Gasteiger partial charge in [-0.2, -0.15) is 0 Å². The highest BCUT2D eigenvalue weighted by Crippen LogP contribution is 2.24. The predicted octanol–water partition coefficient (Wildman–Crippen LogP) is 2.80. The molecule has 1 heterocycles. The van der Waals surface area contributed by atoms with Crippen molar-refractivity contribution in [1.29, 1.82) is 0 Å². The van der Waals surface area contributed by atoms with Crippen LogP contribution in [0.3, 0.4) is 0 Å². The van der Waals surface area contributed by atoms with Gasteiger partial charge >= 0.3 is 12.0 Å². The zero-order chi connectivity index (χ0) is 17.0. The Kier molecular flexibility index (Phi) is 5.41. The van der Waals surface area contributed by atoms with Gasteiger partial charge in [-0.05, 0) is 31.4 Å². The number of nitrogens with one attached hydrogen (secondary N) is 1. The Labute approximate surface area is 134 Å². The van der Waals surface area contributed by atoms with E-state index in [0.717, 1.165) is 0 Å². The number of urea groups is 1. The number of nitrogens with zero attached hydrogens (tertiary/aromatic N) is 1. The average Bonchev–Trinajstić information content (AvgIpc) is 2.49. The highest BCUT2D eigenvalue weighted by atomic mass is 19.1. The molecule has 0 aliphatic carbocycles. The molecule has 0 bridgehead atoms. The number of benzene rings is 1. The minimum Gasteiger partial charge on any atom is -0.491 e. The normalized spacial score (nSPS) is 20.9. The third kappa shape index (κ3) is 4.34. The summed E-state index contributed by atoms with van der Waals surface area (Å²) in [7, 11) is 0. The first-order valence-corrected chi connectivity index (χ1v) is 7.61. The maximum atomic E-state index is 13.8. The fourth-order valence-corrected chi connectivity index (χ4v) is 2.75. The molecule has 126 valence electrons. The number of anilines is 1. The standard InChI is InChI=1S/C16H21FN2O4/c1-3-23-14-5-4-12(7-13(14)17)18-16(22)19-8-10(2)6-11(9-19)15(20)21/h4-5,7,10-11H,3,6,8-9H2,1-2H3,(H,18,22)(H,20,21). The number of carboxylic acid groups (broad SMARTS) is 1. The summed E-state index contributed by atoms with van der Waals surface area (Å²) in [6.45, 7) is 4.66. The number of ether oxygens (including phenoxy) is 1. The predicted molar refractivity (Wildman–Crippen MR) is 83.1 cm³/mol. The maximum absolute atomic E-state index is 13.8. The monoisotopic (exact) mass is 324 g/mol. The molecular weight excluding hydrogens is 303 g/mol. The van der Waals surface area contributed by atoms with E-state index in [9.17, 15) is 14.0 Å². The lowest BCUT2D eigenvalue weighted by molar-refractivity contribution is -0.143. The van der Waals surface area contributed by atoms with Gasteiger partial charge < -0.3 is 20.1 Å². The van der Waals surface area contributed by atoms with Crippen LogP contribution in [0.25, 0.3) is 0 Å². The van der Waals surface area contributed by atoms with Crippen molar-refractivity contribution in [3.63, 3.8) is 0 Å². The smallest absolute Gasteiger partial charge is 0.321 e. The van der Waals surface area contributed by atoms with E-state index < -0.39 is 23.7 Å². The fraction of sp³-hybridized carbons (Fsp3) is 0.500. The first kappa shape index (κ1) is 17.1. The molecule has 2 N–H and O–H groups in total. The Bertz CT molecular complexity index is 593. The van der Waals surface area contributed by atoms with E-state index in [4.69, 9.17) is 9.84 Å². The number of aliphatic carboxylic acids is 1. The Morgan fingerprint density at radius 3 is 2.78 bits per heavy atom. The summed E-state index contributed by atoms with van der Waals surface area (Å²) in [5, 5.41) is 11.7. The second kappa shape index (κ2) is 7.30. The first-order chi connectivity index (χ1) is 10.9. The lowest BCUT2D eigenvalue weighted by atomic mass is 9.91. The van der Waals surface area contributed by atoms with Crippen molar-refractivity contribution < 1.29 is 23.8 Å². The van der Waals surface area contributed by atoms with Crippen LogP contribution in [0, 0.1) is 17.7 Å². The molecule has 1 aliphatic heterocycles. The van der Waals surface area contributed by atoms with Crippen molar-refractivity contribution in [2.45, 2.75) is 20.3 Å². The average molecular weight is 324 g/mol. The van der Waals surface area contributed by atoms with Crippen molar-refractivity contribution in [2.24, 2.45) is 11.8 Å². The number of halogens is 1. The molecule has 2 rings (SSSR count). The van der Waals surface area contributed by atoms with Crippen LogP contribution in [-0.4, -0.2) is 41.7 Å². The molecule has 0 saturated carbocycles. The summed E-state index contributed by atoms with van der Waals surface area (Å²) in [5.74, 6) is -1.79. The third-order valence-corrected chi connectivity index (χ3v) is 3.78. The molecule has 0 spiro atoms. The van der Waals surface area contributed by atoms with Crippen molar-refractivity contribution in [3.05, 3.63) is 24.0 Å². The molecule has 7 heteroatoms. The summed E-state index contributed by atoms with van der Waals surface area (Å²) >= 11 is 0. The van der Waals surface area contributed by atoms with Gasteiger partial charge in [0.1, 0.15) is 0 Å². The molecule has 2 amide bonds. The van der Waals surface area contributed by atoms with Crippen molar-refractivity contribution >= 4 is 17.7 Å². The van der Waals surface area contributed by atoms with Gasteiger partial charge in [-0.1, -0.05) is 6.92 Å². The highest BCUT2D eigenvalue weighted by molar-refractivity contribution is 5.89. The van der Waals surface area contributed by atoms with Gasteiger partial charge in [0.2, 0.25) is 0 Å². The molecule has 0 radical (unpaired) electrons. The molecule has 23 heavy (non-hydrogen) atoms. The fourth-order valence-electron chi connectivity index (χ4n) is 2.75. The summed E-state index contributed by atoms with van der Waals surface area (Å²) in [6.07, 6.45) is 0.552. The largest absolute Gasteiger partial charge is 0.491 e. The van der Waals surface area contributed by atoms with Gasteiger partial charge in [-0.3, -0.25) is 4.79 Å². The second-order valence-corrected chi connectivity index (χ2v) is 5.79. The van der Waals surface area contributed by atoms with E-state index in [2.05, 4.69) is 5.32 Å². The van der Waals surface area contributed by atoms with E-state index >= 15 is 0 Å². The number of carbonyl (C=O) groups is 2. The van der Waals surface area contributed by atoms with Crippen LogP contribution in [0.5, 0.6) is 5.75 Å². The van der Waals surface area contributed by atoms with Crippen LogP contribution in [0.1, 0.15) is 20.3 Å². The van der Waals surface area contributed by atoms with E-state index in [1.54, 1.807) is 13.0 Å². The zero-order valence-electron chi connectivity index (χ0n) is 13.2. The molecule has 1 fully saturated rings. The Hall–Kier alpha value is -2.31. The topological polar surface area (TPSA) is 78.9 Å². The van der Waals surface area contributed by atoms with Crippen molar-refractivity contribution in [2.75, 3.05) is 25.0 Å². The van der Waals surface area contributed by atoms with Gasteiger partial charge in [-0.25, -0.2) is 9.18 Å². The van der Waals surface area contributed by atoms with Gasteiger partial charge in [0, 0.05) is 24.8 Å². The summed E-state index contributed by atoms with van der Waals surface area (Å²) < 4.78 is 18.9. The van der Waals surface area contributed by atoms with Gasteiger partial charge in [0.25, 0.3) is 0 Å². The molecule has 1 aromatic carbocycles. The van der Waals surface area contributed by atoms with Crippen LogP contribution < -0.4 is 10.1 Å². The van der Waals surface area contributed by atoms with E-state index in [0.29, 0.717) is 25.3 Å². The van der Waals surface area contributed by atoms with Crippen LogP contribution in [0.4, 0.5) is 14.9 Å². The lowest BCUT2D eigenvalue weighted by Gasteiger charge is -2.34. The Balaban J connectivity index is 2.03. The third-order valence-electron chi connectivity index (χ3n) is 3.78. The van der Waals surface area contributed by atoms with Crippen LogP contribution in [0.15, 0.2) is 18.2 Å². The number of likely N-dealkylation sites (tertiary alicyclic amines) is 1. The summed E-state index contributed by atoms with van der Waals surface area (Å²) in [4.78, 5) is 24.9. The molecule has 6 nitrogen and oxygen atoms in total. The van der Waals surface area contributed by atoms with Crippen LogP contribution in [-0.2, 0) is 4.79 Å². The van der Waals surface area contributed by atoms with Crippen LogP contribution >= 0.6 is 0 Å². The first-order valence-electron chi connectivity index (χ1n) is 7.61. The van der Waals surface area contributed by atoms with Crippen molar-refractivity contribution in [3.8, 4) is 5.75 Å². The SMILES string of the molecule is CCOc1ccc(NC(=O)N2CC(C)CC(C(=O)O)C2)cc1F. The Morgan fingerprint density at radius 1 is 1.43 bits per heavy atom. The summed E-state index contributed by atoms with van der Waals surface area (Å²) in [5.41, 5.74) is 0.307. The minimum absolute atomic E-state index is 0.104. The van der Waals surface area contributed by atoms with Crippen molar-refractivity contribution in [1.82, 2.24) is 4.90 Å². The van der Waals surface area contributed by atoms with Gasteiger partial charge in [0.05, 0.1) is 12.5 Å². The molecule has 1 aromatic rings. The number of hydrogen-bond donors (Lipinski definition) is 2. The van der Waals surface area contributed by atoms with E-state index in [1.165, 1.54) is 17.0 Å². The lowest BCUT2D eigenvalue weighted by Crippen LogP contribution is -2.47. The number of piperidine rings is 1. The minimum atomic E-state index is -0.901. The number of rotatable bonds is 4. The van der Waals surface area contributed by atoms with E-state index in [1.807, 2.05) is 6.92 Å². The molecule has 1 aliphatic rings. The van der Waals surface area contributed by atoms with Gasteiger partial charge in [-0.15, -0.1) is 0 Å². The highest BCUT2D eigenvalue weighted by Gasteiger charge is 2.31. The van der Waals surface area contributed by atoms with Gasteiger partial charge in [0.15, 0.2) is 11.6 Å². The quantitative estimate of drug-likeness (QED) is 0.892.